The predicted octanol–water partition coefficient (Wildman–Crippen LogP) is 3.45. The van der Waals surface area contributed by atoms with E-state index in [1.807, 2.05) is 43.3 Å². The first-order valence-corrected chi connectivity index (χ1v) is 7.76. The number of nitrogen functional groups attached to an aromatic ring is 1. The fourth-order valence-corrected chi connectivity index (χ4v) is 2.95. The van der Waals surface area contributed by atoms with Crippen molar-refractivity contribution in [2.75, 3.05) is 5.73 Å². The number of nitrogens with zero attached hydrogens (tertiary/aromatic N) is 4. The van der Waals surface area contributed by atoms with Crippen molar-refractivity contribution < 1.29 is 0 Å². The third-order valence-corrected chi connectivity index (χ3v) is 4.21. The highest BCUT2D eigenvalue weighted by molar-refractivity contribution is 6.05. The SMILES string of the molecule is Cc1ccccc1-c1c(-c2ccc(C#N)cc2)nnc2n[nH]c(N)c12. The van der Waals surface area contributed by atoms with Crippen LogP contribution in [-0.4, -0.2) is 20.4 Å². The molecule has 6 heteroatoms. The molecule has 0 aliphatic carbocycles. The number of H-pyrrole nitrogens is 1. The Kier molecular flexibility index (Phi) is 3.40. The van der Waals surface area contributed by atoms with Crippen LogP contribution in [0.3, 0.4) is 0 Å². The second kappa shape index (κ2) is 5.73. The molecule has 2 heterocycles. The number of hydrogen-bond donors (Lipinski definition) is 2. The largest absolute Gasteiger partial charge is 0.383 e. The van der Waals surface area contributed by atoms with E-state index in [2.05, 4.69) is 26.5 Å². The van der Waals surface area contributed by atoms with Gasteiger partial charge in [-0.1, -0.05) is 36.4 Å². The second-order valence-electron chi connectivity index (χ2n) is 5.76. The van der Waals surface area contributed by atoms with Gasteiger partial charge in [0, 0.05) is 11.1 Å². The van der Waals surface area contributed by atoms with Crippen LogP contribution in [0.15, 0.2) is 48.5 Å². The van der Waals surface area contributed by atoms with Crippen LogP contribution >= 0.6 is 0 Å². The highest BCUT2D eigenvalue weighted by Gasteiger charge is 2.19. The Morgan fingerprint density at radius 3 is 2.52 bits per heavy atom. The lowest BCUT2D eigenvalue weighted by atomic mass is 9.94. The first-order chi connectivity index (χ1) is 12.2. The second-order valence-corrected chi connectivity index (χ2v) is 5.76. The van der Waals surface area contributed by atoms with Crippen molar-refractivity contribution in [2.45, 2.75) is 6.92 Å². The van der Waals surface area contributed by atoms with Gasteiger partial charge in [-0.2, -0.15) is 10.4 Å². The van der Waals surface area contributed by atoms with Gasteiger partial charge in [-0.25, -0.2) is 0 Å². The smallest absolute Gasteiger partial charge is 0.205 e. The molecule has 0 saturated carbocycles. The van der Waals surface area contributed by atoms with Crippen molar-refractivity contribution in [3.63, 3.8) is 0 Å². The van der Waals surface area contributed by atoms with Gasteiger partial charge in [0.1, 0.15) is 11.5 Å². The summed E-state index contributed by atoms with van der Waals surface area (Å²) in [6.07, 6.45) is 0. The van der Waals surface area contributed by atoms with Gasteiger partial charge in [0.2, 0.25) is 5.65 Å². The molecule has 120 valence electrons. The molecule has 0 saturated heterocycles. The molecule has 0 amide bonds. The fourth-order valence-electron chi connectivity index (χ4n) is 2.95. The molecule has 0 spiro atoms. The van der Waals surface area contributed by atoms with Crippen molar-refractivity contribution in [2.24, 2.45) is 0 Å². The van der Waals surface area contributed by atoms with Crippen LogP contribution in [-0.2, 0) is 0 Å². The van der Waals surface area contributed by atoms with Crippen LogP contribution in [0.4, 0.5) is 5.82 Å². The summed E-state index contributed by atoms with van der Waals surface area (Å²) in [7, 11) is 0. The standard InChI is InChI=1S/C19H14N6/c1-11-4-2-3-5-14(11)15-16-18(21)23-25-19(16)24-22-17(15)13-8-6-12(10-20)7-9-13/h2-9H,1H3,(H3,21,23,24,25). The van der Waals surface area contributed by atoms with Gasteiger partial charge in [0.15, 0.2) is 0 Å². The van der Waals surface area contributed by atoms with Gasteiger partial charge < -0.3 is 5.73 Å². The van der Waals surface area contributed by atoms with E-state index < -0.39 is 0 Å². The lowest BCUT2D eigenvalue weighted by molar-refractivity contribution is 1.03. The average molecular weight is 326 g/mol. The predicted molar refractivity (Wildman–Crippen MR) is 96.4 cm³/mol. The molecule has 0 aliphatic heterocycles. The minimum absolute atomic E-state index is 0.457. The Morgan fingerprint density at radius 1 is 1.04 bits per heavy atom. The molecule has 25 heavy (non-hydrogen) atoms. The van der Waals surface area contributed by atoms with E-state index in [4.69, 9.17) is 11.0 Å². The van der Waals surface area contributed by atoms with Gasteiger partial charge in [-0.05, 0) is 30.2 Å². The van der Waals surface area contributed by atoms with E-state index in [9.17, 15) is 0 Å². The Morgan fingerprint density at radius 2 is 1.80 bits per heavy atom. The average Bonchev–Trinajstić information content (AvgIpc) is 3.03. The number of aromatic nitrogens is 4. The zero-order valence-electron chi connectivity index (χ0n) is 13.5. The van der Waals surface area contributed by atoms with Crippen molar-refractivity contribution in [3.05, 3.63) is 59.7 Å². The van der Waals surface area contributed by atoms with Crippen LogP contribution in [0.2, 0.25) is 0 Å². The van der Waals surface area contributed by atoms with Crippen LogP contribution in [0.25, 0.3) is 33.4 Å². The van der Waals surface area contributed by atoms with Crippen molar-refractivity contribution in [1.29, 1.82) is 5.26 Å². The summed E-state index contributed by atoms with van der Waals surface area (Å²) in [6, 6.07) is 17.4. The summed E-state index contributed by atoms with van der Waals surface area (Å²) in [5.74, 6) is 0.457. The summed E-state index contributed by atoms with van der Waals surface area (Å²) in [6.45, 7) is 2.04. The topological polar surface area (TPSA) is 104 Å². The lowest BCUT2D eigenvalue weighted by Gasteiger charge is -2.12. The zero-order valence-corrected chi connectivity index (χ0v) is 13.5. The van der Waals surface area contributed by atoms with E-state index in [1.165, 1.54) is 0 Å². The Bertz CT molecular complexity index is 1120. The molecular weight excluding hydrogens is 312 g/mol. The zero-order chi connectivity index (χ0) is 17.4. The van der Waals surface area contributed by atoms with Crippen LogP contribution in [0.5, 0.6) is 0 Å². The number of nitriles is 1. The summed E-state index contributed by atoms with van der Waals surface area (Å²) in [4.78, 5) is 0. The maximum absolute atomic E-state index is 9.01. The highest BCUT2D eigenvalue weighted by atomic mass is 15.2. The fraction of sp³-hybridized carbons (Fsp3) is 0.0526. The van der Waals surface area contributed by atoms with Gasteiger partial charge in [-0.15, -0.1) is 10.2 Å². The van der Waals surface area contributed by atoms with E-state index in [-0.39, 0.29) is 0 Å². The van der Waals surface area contributed by atoms with Crippen molar-refractivity contribution in [3.8, 4) is 28.5 Å². The maximum atomic E-state index is 9.01. The van der Waals surface area contributed by atoms with Gasteiger partial charge in [0.25, 0.3) is 0 Å². The normalized spacial score (nSPS) is 10.7. The molecule has 4 rings (SSSR count). The third kappa shape index (κ3) is 2.39. The third-order valence-electron chi connectivity index (χ3n) is 4.21. The number of rotatable bonds is 2. The first-order valence-electron chi connectivity index (χ1n) is 7.76. The summed E-state index contributed by atoms with van der Waals surface area (Å²) in [5.41, 5.74) is 11.8. The van der Waals surface area contributed by atoms with E-state index in [0.29, 0.717) is 22.7 Å². The number of nitrogens with two attached hydrogens (primary N) is 1. The monoisotopic (exact) mass is 326 g/mol. The van der Waals surface area contributed by atoms with Gasteiger partial charge in [0.05, 0.1) is 17.0 Å². The minimum atomic E-state index is 0.457. The molecule has 3 N–H and O–H groups in total. The summed E-state index contributed by atoms with van der Waals surface area (Å²) >= 11 is 0. The van der Waals surface area contributed by atoms with E-state index >= 15 is 0 Å². The highest BCUT2D eigenvalue weighted by Crippen LogP contribution is 2.38. The van der Waals surface area contributed by atoms with E-state index in [0.717, 1.165) is 27.6 Å². The van der Waals surface area contributed by atoms with Crippen LogP contribution in [0.1, 0.15) is 11.1 Å². The van der Waals surface area contributed by atoms with Crippen LogP contribution < -0.4 is 5.73 Å². The molecule has 0 bridgehead atoms. The molecule has 0 aliphatic rings. The molecule has 0 fully saturated rings. The number of fused-ring (bicyclic) bond motifs is 1. The molecule has 0 unspecified atom stereocenters. The van der Waals surface area contributed by atoms with E-state index in [1.54, 1.807) is 12.1 Å². The molecule has 2 aromatic carbocycles. The maximum Gasteiger partial charge on any atom is 0.205 e. The Labute approximate surface area is 143 Å². The number of benzene rings is 2. The van der Waals surface area contributed by atoms with Gasteiger partial charge in [-0.3, -0.25) is 5.10 Å². The van der Waals surface area contributed by atoms with Crippen molar-refractivity contribution in [1.82, 2.24) is 20.4 Å². The minimum Gasteiger partial charge on any atom is -0.383 e. The summed E-state index contributed by atoms with van der Waals surface area (Å²) < 4.78 is 0. The van der Waals surface area contributed by atoms with Crippen molar-refractivity contribution >= 4 is 16.9 Å². The number of anilines is 1. The van der Waals surface area contributed by atoms with Gasteiger partial charge >= 0.3 is 0 Å². The molecule has 0 radical (unpaired) electrons. The number of hydrogen-bond acceptors (Lipinski definition) is 5. The number of aromatic amines is 1. The van der Waals surface area contributed by atoms with Crippen LogP contribution in [0, 0.1) is 18.3 Å². The Balaban J connectivity index is 2.08. The lowest BCUT2D eigenvalue weighted by Crippen LogP contribution is -1.97. The number of nitrogens with one attached hydrogen (secondary N) is 1. The molecule has 6 nitrogen and oxygen atoms in total. The number of aryl methyl sites for hydroxylation is 1. The molecule has 0 atom stereocenters. The quantitative estimate of drug-likeness (QED) is 0.587. The molecular formula is C19H14N6. The summed E-state index contributed by atoms with van der Waals surface area (Å²) in [5, 5.41) is 25.3. The molecule has 4 aromatic rings. The molecule has 2 aromatic heterocycles. The Hall–Kier alpha value is -3.72. The first kappa shape index (κ1) is 14.8.